The first-order chi connectivity index (χ1) is 12.5. The largest absolute Gasteiger partial charge is 0.382 e. The fourth-order valence-electron chi connectivity index (χ4n) is 2.37. The number of hydrogen-bond donors (Lipinski definition) is 3. The van der Waals surface area contributed by atoms with Gasteiger partial charge in [-0.3, -0.25) is 4.79 Å². The van der Waals surface area contributed by atoms with E-state index >= 15 is 0 Å². The van der Waals surface area contributed by atoms with Crippen LogP contribution in [-0.2, 0) is 16.1 Å². The maximum absolute atomic E-state index is 11.9. The van der Waals surface area contributed by atoms with Crippen molar-refractivity contribution in [2.75, 3.05) is 31.6 Å². The number of benzene rings is 1. The number of anilines is 1. The van der Waals surface area contributed by atoms with E-state index in [4.69, 9.17) is 4.74 Å². The summed E-state index contributed by atoms with van der Waals surface area (Å²) >= 11 is 0. The Balaban J connectivity index is 0.00000676. The SMILES string of the molecule is CCNC(=NCc1cccc(NC(=O)CC(C)C)c1)NCCCOCC.I. The highest BCUT2D eigenvalue weighted by Gasteiger charge is 2.05. The van der Waals surface area contributed by atoms with Crippen molar-refractivity contribution in [3.8, 4) is 0 Å². The summed E-state index contributed by atoms with van der Waals surface area (Å²) < 4.78 is 5.34. The van der Waals surface area contributed by atoms with Gasteiger partial charge in [0.25, 0.3) is 0 Å². The first kappa shape index (κ1) is 25.6. The number of hydrogen-bond acceptors (Lipinski definition) is 3. The number of amides is 1. The Bertz CT molecular complexity index is 565. The molecule has 6 nitrogen and oxygen atoms in total. The summed E-state index contributed by atoms with van der Waals surface area (Å²) in [6, 6.07) is 7.83. The van der Waals surface area contributed by atoms with E-state index in [1.165, 1.54) is 0 Å². The van der Waals surface area contributed by atoms with E-state index in [-0.39, 0.29) is 29.9 Å². The fraction of sp³-hybridized carbons (Fsp3) is 0.600. The molecule has 0 aliphatic rings. The molecule has 0 aliphatic heterocycles. The maximum Gasteiger partial charge on any atom is 0.224 e. The molecule has 0 atom stereocenters. The van der Waals surface area contributed by atoms with Crippen LogP contribution in [0.2, 0.25) is 0 Å². The molecule has 0 saturated carbocycles. The zero-order chi connectivity index (χ0) is 19.2. The quantitative estimate of drug-likeness (QED) is 0.191. The van der Waals surface area contributed by atoms with Crippen molar-refractivity contribution in [2.24, 2.45) is 10.9 Å². The second-order valence-corrected chi connectivity index (χ2v) is 6.52. The zero-order valence-electron chi connectivity index (χ0n) is 17.0. The van der Waals surface area contributed by atoms with Gasteiger partial charge in [0.2, 0.25) is 5.91 Å². The van der Waals surface area contributed by atoms with Gasteiger partial charge in [-0.25, -0.2) is 4.99 Å². The van der Waals surface area contributed by atoms with E-state index < -0.39 is 0 Å². The molecule has 7 heteroatoms. The number of ether oxygens (including phenoxy) is 1. The standard InChI is InChI=1S/C20H34N4O2.HI/c1-5-21-20(22-11-8-12-26-6-2)23-15-17-9-7-10-18(14-17)24-19(25)13-16(3)4;/h7,9-10,14,16H,5-6,8,11-13,15H2,1-4H3,(H,24,25)(H2,21,22,23);1H. The van der Waals surface area contributed by atoms with Gasteiger partial charge in [0.1, 0.15) is 0 Å². The minimum atomic E-state index is 0. The number of carbonyl (C=O) groups is 1. The summed E-state index contributed by atoms with van der Waals surface area (Å²) in [4.78, 5) is 16.5. The van der Waals surface area contributed by atoms with Crippen LogP contribution in [0.1, 0.15) is 46.1 Å². The highest BCUT2D eigenvalue weighted by Crippen LogP contribution is 2.13. The monoisotopic (exact) mass is 490 g/mol. The molecular formula is C20H35IN4O2. The lowest BCUT2D eigenvalue weighted by Gasteiger charge is -2.12. The smallest absolute Gasteiger partial charge is 0.224 e. The Kier molecular flexibility index (Phi) is 14.9. The van der Waals surface area contributed by atoms with Crippen LogP contribution >= 0.6 is 24.0 Å². The maximum atomic E-state index is 11.9. The minimum absolute atomic E-state index is 0. The molecule has 0 bridgehead atoms. The van der Waals surface area contributed by atoms with Gasteiger partial charge >= 0.3 is 0 Å². The number of carbonyl (C=O) groups excluding carboxylic acids is 1. The van der Waals surface area contributed by atoms with Crippen LogP contribution in [0.3, 0.4) is 0 Å². The second kappa shape index (κ2) is 15.7. The molecule has 0 radical (unpaired) electrons. The van der Waals surface area contributed by atoms with Gasteiger partial charge in [0.15, 0.2) is 5.96 Å². The number of halogens is 1. The van der Waals surface area contributed by atoms with E-state index in [9.17, 15) is 4.79 Å². The predicted octanol–water partition coefficient (Wildman–Crippen LogP) is 3.77. The average molecular weight is 490 g/mol. The molecule has 0 fully saturated rings. The lowest BCUT2D eigenvalue weighted by Crippen LogP contribution is -2.38. The van der Waals surface area contributed by atoms with Crippen LogP contribution in [0.15, 0.2) is 29.3 Å². The van der Waals surface area contributed by atoms with Crippen LogP contribution in [0, 0.1) is 5.92 Å². The molecular weight excluding hydrogens is 455 g/mol. The Hall–Kier alpha value is -1.35. The lowest BCUT2D eigenvalue weighted by molar-refractivity contribution is -0.116. The topological polar surface area (TPSA) is 74.8 Å². The summed E-state index contributed by atoms with van der Waals surface area (Å²) in [5.41, 5.74) is 1.87. The molecule has 154 valence electrons. The molecule has 1 aromatic rings. The summed E-state index contributed by atoms with van der Waals surface area (Å²) in [6.07, 6.45) is 1.47. The predicted molar refractivity (Wildman–Crippen MR) is 124 cm³/mol. The van der Waals surface area contributed by atoms with Gasteiger partial charge < -0.3 is 20.7 Å². The molecule has 0 unspecified atom stereocenters. The first-order valence-corrected chi connectivity index (χ1v) is 9.53. The number of nitrogens with zero attached hydrogens (tertiary/aromatic N) is 1. The van der Waals surface area contributed by atoms with Crippen molar-refractivity contribution in [3.63, 3.8) is 0 Å². The summed E-state index contributed by atoms with van der Waals surface area (Å²) in [7, 11) is 0. The average Bonchev–Trinajstić information content (AvgIpc) is 2.59. The van der Waals surface area contributed by atoms with E-state index in [0.717, 1.165) is 49.9 Å². The highest BCUT2D eigenvalue weighted by atomic mass is 127. The van der Waals surface area contributed by atoms with E-state index in [0.29, 0.717) is 18.9 Å². The Morgan fingerprint density at radius 2 is 2.00 bits per heavy atom. The van der Waals surface area contributed by atoms with E-state index in [1.807, 2.05) is 52.0 Å². The first-order valence-electron chi connectivity index (χ1n) is 9.53. The molecule has 3 N–H and O–H groups in total. The Morgan fingerprint density at radius 1 is 1.22 bits per heavy atom. The third-order valence-corrected chi connectivity index (χ3v) is 3.53. The van der Waals surface area contributed by atoms with Gasteiger partial charge in [-0.2, -0.15) is 0 Å². The Morgan fingerprint density at radius 3 is 2.67 bits per heavy atom. The molecule has 1 amide bonds. The summed E-state index contributed by atoms with van der Waals surface area (Å²) in [5.74, 6) is 1.18. The van der Waals surface area contributed by atoms with E-state index in [2.05, 4.69) is 20.9 Å². The molecule has 1 aromatic carbocycles. The van der Waals surface area contributed by atoms with Gasteiger partial charge in [-0.1, -0.05) is 26.0 Å². The molecule has 0 spiro atoms. The fourth-order valence-corrected chi connectivity index (χ4v) is 2.37. The van der Waals surface area contributed by atoms with E-state index in [1.54, 1.807) is 0 Å². The molecule has 27 heavy (non-hydrogen) atoms. The Labute approximate surface area is 181 Å². The minimum Gasteiger partial charge on any atom is -0.382 e. The normalized spacial score (nSPS) is 11.1. The van der Waals surface area contributed by atoms with Crippen molar-refractivity contribution in [1.82, 2.24) is 10.6 Å². The number of aliphatic imine (C=N–C) groups is 1. The van der Waals surface area contributed by atoms with Crippen molar-refractivity contribution in [1.29, 1.82) is 0 Å². The zero-order valence-corrected chi connectivity index (χ0v) is 19.3. The van der Waals surface area contributed by atoms with Crippen molar-refractivity contribution >= 4 is 41.5 Å². The number of rotatable bonds is 11. The van der Waals surface area contributed by atoms with Gasteiger partial charge in [-0.05, 0) is 43.9 Å². The highest BCUT2D eigenvalue weighted by molar-refractivity contribution is 14.0. The molecule has 0 aliphatic carbocycles. The van der Waals surface area contributed by atoms with Crippen molar-refractivity contribution in [3.05, 3.63) is 29.8 Å². The van der Waals surface area contributed by atoms with Crippen LogP contribution in [-0.4, -0.2) is 38.2 Å². The third-order valence-electron chi connectivity index (χ3n) is 3.53. The molecule has 1 rings (SSSR count). The molecule has 0 aromatic heterocycles. The second-order valence-electron chi connectivity index (χ2n) is 6.52. The van der Waals surface area contributed by atoms with Crippen LogP contribution in [0.4, 0.5) is 5.69 Å². The van der Waals surface area contributed by atoms with Gasteiger partial charge in [0, 0.05) is 38.4 Å². The van der Waals surface area contributed by atoms with Crippen molar-refractivity contribution in [2.45, 2.75) is 47.1 Å². The lowest BCUT2D eigenvalue weighted by atomic mass is 10.1. The third kappa shape index (κ3) is 12.6. The number of nitrogens with one attached hydrogen (secondary N) is 3. The van der Waals surface area contributed by atoms with Crippen molar-refractivity contribution < 1.29 is 9.53 Å². The van der Waals surface area contributed by atoms with Gasteiger partial charge in [-0.15, -0.1) is 24.0 Å². The summed E-state index contributed by atoms with van der Waals surface area (Å²) in [6.45, 7) is 11.8. The summed E-state index contributed by atoms with van der Waals surface area (Å²) in [5, 5.41) is 9.50. The van der Waals surface area contributed by atoms with Crippen LogP contribution < -0.4 is 16.0 Å². The molecule has 0 heterocycles. The molecule has 0 saturated heterocycles. The van der Waals surface area contributed by atoms with Gasteiger partial charge in [0.05, 0.1) is 6.54 Å². The van der Waals surface area contributed by atoms with Crippen LogP contribution in [0.5, 0.6) is 0 Å². The van der Waals surface area contributed by atoms with Crippen LogP contribution in [0.25, 0.3) is 0 Å². The number of guanidine groups is 1.